The molecule has 0 aliphatic carbocycles. The molecule has 3 aromatic rings. The third-order valence-corrected chi connectivity index (χ3v) is 6.27. The predicted octanol–water partition coefficient (Wildman–Crippen LogP) is 3.69. The lowest BCUT2D eigenvalue weighted by Gasteiger charge is -2.35. The van der Waals surface area contributed by atoms with E-state index in [0.717, 1.165) is 10.4 Å². The minimum Gasteiger partial charge on any atom is -0.372 e. The fourth-order valence-corrected chi connectivity index (χ4v) is 4.49. The predicted molar refractivity (Wildman–Crippen MR) is 125 cm³/mol. The first-order valence-electron chi connectivity index (χ1n) is 11.1. The van der Waals surface area contributed by atoms with Gasteiger partial charge in [0.2, 0.25) is 17.6 Å². The number of carbonyl (C=O) groups is 2. The quantitative estimate of drug-likeness (QED) is 0.542. The lowest BCUT2D eigenvalue weighted by molar-refractivity contribution is -0.121. The van der Waals surface area contributed by atoms with Crippen LogP contribution in [-0.4, -0.2) is 52.2 Å². The van der Waals surface area contributed by atoms with Crippen molar-refractivity contribution in [3.05, 3.63) is 58.8 Å². The molecule has 0 bridgehead atoms. The van der Waals surface area contributed by atoms with Crippen LogP contribution < -0.4 is 5.32 Å². The van der Waals surface area contributed by atoms with E-state index in [0.29, 0.717) is 56.2 Å². The molecule has 0 spiro atoms. The summed E-state index contributed by atoms with van der Waals surface area (Å²) in [5.41, 5.74) is 1.59. The van der Waals surface area contributed by atoms with Crippen molar-refractivity contribution in [2.45, 2.75) is 51.9 Å². The van der Waals surface area contributed by atoms with E-state index in [2.05, 4.69) is 15.5 Å². The van der Waals surface area contributed by atoms with Crippen molar-refractivity contribution in [3.8, 4) is 10.7 Å². The summed E-state index contributed by atoms with van der Waals surface area (Å²) in [5, 5.41) is 8.86. The maximum atomic E-state index is 12.8. The number of morpholine rings is 1. The van der Waals surface area contributed by atoms with Gasteiger partial charge >= 0.3 is 0 Å². The zero-order chi connectivity index (χ0) is 23.2. The number of hydrogen-bond acceptors (Lipinski definition) is 7. The average molecular weight is 469 g/mol. The Hall–Kier alpha value is -3.04. The molecule has 2 atom stereocenters. The van der Waals surface area contributed by atoms with Gasteiger partial charge in [0.15, 0.2) is 0 Å². The zero-order valence-electron chi connectivity index (χ0n) is 18.8. The van der Waals surface area contributed by atoms with Gasteiger partial charge in [-0.3, -0.25) is 9.59 Å². The first-order chi connectivity index (χ1) is 16.0. The van der Waals surface area contributed by atoms with Crippen LogP contribution in [0.5, 0.6) is 0 Å². The van der Waals surface area contributed by atoms with E-state index in [4.69, 9.17) is 9.26 Å². The average Bonchev–Trinajstić information content (AvgIpc) is 3.49. The largest absolute Gasteiger partial charge is 0.372 e. The van der Waals surface area contributed by atoms with Crippen LogP contribution in [0.2, 0.25) is 0 Å². The number of aryl methyl sites for hydroxylation is 1. The van der Waals surface area contributed by atoms with Crippen LogP contribution in [0.15, 0.2) is 46.3 Å². The lowest BCUT2D eigenvalue weighted by atomic mass is 10.1. The molecule has 1 aromatic carbocycles. The molecular weight excluding hydrogens is 440 g/mol. The number of nitrogens with zero attached hydrogens (tertiary/aromatic N) is 3. The molecule has 174 valence electrons. The van der Waals surface area contributed by atoms with Crippen LogP contribution in [0.3, 0.4) is 0 Å². The van der Waals surface area contributed by atoms with E-state index in [1.807, 2.05) is 60.5 Å². The van der Waals surface area contributed by atoms with Crippen molar-refractivity contribution < 1.29 is 18.8 Å². The fourth-order valence-electron chi connectivity index (χ4n) is 3.84. The van der Waals surface area contributed by atoms with E-state index in [9.17, 15) is 9.59 Å². The Kier molecular flexibility index (Phi) is 7.51. The highest BCUT2D eigenvalue weighted by Gasteiger charge is 2.26. The van der Waals surface area contributed by atoms with E-state index in [1.54, 1.807) is 11.3 Å². The van der Waals surface area contributed by atoms with E-state index < -0.39 is 0 Å². The second-order valence-electron chi connectivity index (χ2n) is 8.28. The molecule has 2 aromatic heterocycles. The van der Waals surface area contributed by atoms with Crippen molar-refractivity contribution >= 4 is 23.2 Å². The van der Waals surface area contributed by atoms with Gasteiger partial charge in [-0.05, 0) is 49.4 Å². The number of ether oxygens (including phenoxy) is 1. The third kappa shape index (κ3) is 6.27. The Morgan fingerprint density at radius 3 is 2.61 bits per heavy atom. The monoisotopic (exact) mass is 468 g/mol. The van der Waals surface area contributed by atoms with E-state index in [-0.39, 0.29) is 24.0 Å². The zero-order valence-corrected chi connectivity index (χ0v) is 19.6. The van der Waals surface area contributed by atoms with Crippen molar-refractivity contribution in [2.75, 3.05) is 13.1 Å². The van der Waals surface area contributed by atoms with Crippen molar-refractivity contribution in [3.63, 3.8) is 0 Å². The van der Waals surface area contributed by atoms with Crippen molar-refractivity contribution in [1.82, 2.24) is 20.4 Å². The number of rotatable bonds is 8. The minimum absolute atomic E-state index is 0.0100. The van der Waals surface area contributed by atoms with Gasteiger partial charge in [-0.2, -0.15) is 4.98 Å². The molecule has 1 saturated heterocycles. The Morgan fingerprint density at radius 2 is 1.91 bits per heavy atom. The first-order valence-corrected chi connectivity index (χ1v) is 12.0. The van der Waals surface area contributed by atoms with Crippen molar-refractivity contribution in [1.29, 1.82) is 0 Å². The maximum Gasteiger partial charge on any atom is 0.254 e. The van der Waals surface area contributed by atoms with Gasteiger partial charge < -0.3 is 19.5 Å². The number of hydrogen-bond donors (Lipinski definition) is 1. The van der Waals surface area contributed by atoms with E-state index in [1.165, 1.54) is 0 Å². The highest BCUT2D eigenvalue weighted by Crippen LogP contribution is 2.21. The lowest BCUT2D eigenvalue weighted by Crippen LogP contribution is -2.48. The smallest absolute Gasteiger partial charge is 0.254 e. The number of carbonyl (C=O) groups excluding carboxylic acids is 2. The number of amides is 2. The highest BCUT2D eigenvalue weighted by molar-refractivity contribution is 7.13. The summed E-state index contributed by atoms with van der Waals surface area (Å²) < 4.78 is 11.0. The molecule has 1 fully saturated rings. The topological polar surface area (TPSA) is 97.6 Å². The van der Waals surface area contributed by atoms with Gasteiger partial charge in [-0.25, -0.2) is 0 Å². The van der Waals surface area contributed by atoms with Crippen LogP contribution in [0.1, 0.15) is 48.5 Å². The Labute approximate surface area is 196 Å². The molecule has 0 radical (unpaired) electrons. The summed E-state index contributed by atoms with van der Waals surface area (Å²) in [4.78, 5) is 32.1. The number of thiophene rings is 1. The second-order valence-corrected chi connectivity index (χ2v) is 9.23. The molecule has 9 heteroatoms. The molecule has 1 N–H and O–H groups in total. The molecular formula is C24H28N4O4S. The standard InChI is InChI=1S/C24H28N4O4S/c1-16-14-28(15-17(2)31-16)24(30)19-10-8-18(9-11-19)13-25-21(29)6-3-7-22-26-23(27-32-22)20-5-4-12-33-20/h4-5,8-12,16-17H,3,6-7,13-15H2,1-2H3,(H,25,29). The van der Waals surface area contributed by atoms with Gasteiger partial charge in [0.05, 0.1) is 17.1 Å². The summed E-state index contributed by atoms with van der Waals surface area (Å²) in [6.07, 6.45) is 1.63. The molecule has 0 saturated carbocycles. The summed E-state index contributed by atoms with van der Waals surface area (Å²) in [7, 11) is 0. The normalized spacial score (nSPS) is 18.3. The van der Waals surface area contributed by atoms with Gasteiger partial charge in [0.1, 0.15) is 0 Å². The molecule has 2 amide bonds. The van der Waals surface area contributed by atoms with E-state index >= 15 is 0 Å². The fraction of sp³-hybridized carbons (Fsp3) is 0.417. The van der Waals surface area contributed by atoms with Crippen LogP contribution in [0.4, 0.5) is 0 Å². The molecule has 1 aliphatic heterocycles. The second kappa shape index (κ2) is 10.7. The third-order valence-electron chi connectivity index (χ3n) is 5.40. The Morgan fingerprint density at radius 1 is 1.15 bits per heavy atom. The number of aromatic nitrogens is 2. The molecule has 1 aliphatic rings. The summed E-state index contributed by atoms with van der Waals surface area (Å²) >= 11 is 1.56. The highest BCUT2D eigenvalue weighted by atomic mass is 32.1. The molecule has 3 heterocycles. The maximum absolute atomic E-state index is 12.8. The molecule has 4 rings (SSSR count). The Bertz CT molecular complexity index is 1050. The van der Waals surface area contributed by atoms with Crippen LogP contribution in [0.25, 0.3) is 10.7 Å². The van der Waals surface area contributed by atoms with Gasteiger partial charge in [-0.1, -0.05) is 23.4 Å². The number of benzene rings is 1. The summed E-state index contributed by atoms with van der Waals surface area (Å²) in [6, 6.07) is 11.3. The summed E-state index contributed by atoms with van der Waals surface area (Å²) in [5.74, 6) is 1.10. The van der Waals surface area contributed by atoms with Gasteiger partial charge in [-0.15, -0.1) is 11.3 Å². The Balaban J connectivity index is 1.19. The first kappa shape index (κ1) is 23.1. The van der Waals surface area contributed by atoms with Crippen LogP contribution in [0, 0.1) is 0 Å². The minimum atomic E-state index is -0.0376. The summed E-state index contributed by atoms with van der Waals surface area (Å²) in [6.45, 7) is 5.57. The van der Waals surface area contributed by atoms with Crippen molar-refractivity contribution in [2.24, 2.45) is 0 Å². The van der Waals surface area contributed by atoms with Crippen LogP contribution >= 0.6 is 11.3 Å². The SMILES string of the molecule is CC1CN(C(=O)c2ccc(CNC(=O)CCCc3nc(-c4cccs4)no3)cc2)CC(C)O1. The van der Waals surface area contributed by atoms with Crippen LogP contribution in [-0.2, 0) is 22.5 Å². The molecule has 8 nitrogen and oxygen atoms in total. The molecule has 2 unspecified atom stereocenters. The van der Waals surface area contributed by atoms with Gasteiger partial charge in [0.25, 0.3) is 5.91 Å². The number of nitrogens with one attached hydrogen (secondary N) is 1. The van der Waals surface area contributed by atoms with Gasteiger partial charge in [0, 0.05) is 38.0 Å². The molecule has 33 heavy (non-hydrogen) atoms.